The number of nitriles is 1. The maximum Gasteiger partial charge on any atom is 0.159 e. The van der Waals surface area contributed by atoms with Gasteiger partial charge in [0.05, 0.1) is 24.0 Å². The fourth-order valence-corrected chi connectivity index (χ4v) is 9.25. The quantitative estimate of drug-likeness (QED) is 0.120. The van der Waals surface area contributed by atoms with Crippen molar-refractivity contribution in [3.8, 4) is 11.8 Å². The van der Waals surface area contributed by atoms with Gasteiger partial charge >= 0.3 is 0 Å². The van der Waals surface area contributed by atoms with Crippen LogP contribution in [0.5, 0.6) is 5.75 Å². The zero-order valence-corrected chi connectivity index (χ0v) is 34.2. The third-order valence-electron chi connectivity index (χ3n) is 11.6. The summed E-state index contributed by atoms with van der Waals surface area (Å²) in [5, 5.41) is 9.42. The molecule has 0 saturated carbocycles. The zero-order chi connectivity index (χ0) is 45.9. The van der Waals surface area contributed by atoms with E-state index in [1.54, 1.807) is 0 Å². The molecular formula is C14H13B42N3O. The predicted octanol–water partition coefficient (Wildman–Crippen LogP) is -13.9. The van der Waals surface area contributed by atoms with Crippen LogP contribution >= 0.6 is 0 Å². The molecule has 216 valence electrons. The third-order valence-corrected chi connectivity index (χ3v) is 11.6. The molecule has 44 radical (unpaired) electrons. The summed E-state index contributed by atoms with van der Waals surface area (Å²) >= 11 is 0. The summed E-state index contributed by atoms with van der Waals surface area (Å²) in [5.41, 5.74) is 1.81. The maximum absolute atomic E-state index is 9.42. The summed E-state index contributed by atoms with van der Waals surface area (Å²) in [4.78, 5) is 6.35. The number of ether oxygens (including phenoxy) is 1. The molecule has 1 unspecified atom stereocenters. The molecule has 0 aromatic heterocycles. The number of rotatable bonds is 21. The molecule has 0 fully saturated rings. The normalized spacial score (nSPS) is 12.3. The van der Waals surface area contributed by atoms with Crippen LogP contribution in [-0.4, -0.2) is 323 Å². The summed E-state index contributed by atoms with van der Waals surface area (Å²) in [5.74, 6) is 0.839. The van der Waals surface area contributed by atoms with Gasteiger partial charge in [0, 0.05) is 311 Å². The van der Waals surface area contributed by atoms with Crippen LogP contribution < -0.4 is 9.64 Å². The summed E-state index contributed by atoms with van der Waals surface area (Å²) in [7, 11) is 138. The molecule has 0 N–H and O–H groups in total. The summed E-state index contributed by atoms with van der Waals surface area (Å²) in [6, 6.07) is 9.84. The number of aliphatic imine (C=N–C) groups is 1. The van der Waals surface area contributed by atoms with Crippen LogP contribution in [0.25, 0.3) is 0 Å². The van der Waals surface area contributed by atoms with E-state index < -0.39 is 128 Å². The number of nitrogens with zero attached hydrogens (tertiary/aromatic N) is 3. The topological polar surface area (TPSA) is 48.6 Å². The van der Waals surface area contributed by atoms with Crippen molar-refractivity contribution in [3.05, 3.63) is 36.0 Å². The van der Waals surface area contributed by atoms with Crippen LogP contribution in [0.15, 0.2) is 41.0 Å². The van der Waals surface area contributed by atoms with Gasteiger partial charge in [0.15, 0.2) is 6.04 Å². The van der Waals surface area contributed by atoms with Crippen LogP contribution in [0.1, 0.15) is 6.42 Å². The van der Waals surface area contributed by atoms with Gasteiger partial charge in [0.1, 0.15) is 12.4 Å². The van der Waals surface area contributed by atoms with Crippen molar-refractivity contribution in [2.45, 2.75) is 12.5 Å². The van der Waals surface area contributed by atoms with E-state index in [0.717, 1.165) is 23.6 Å². The van der Waals surface area contributed by atoms with Crippen LogP contribution in [0.4, 0.5) is 5.69 Å². The molecule has 1 aromatic rings. The highest BCUT2D eigenvalue weighted by atomic mass is 16.5. The minimum atomic E-state index is -1.30. The molecule has 46 heteroatoms. The first-order chi connectivity index (χ1) is 27.9. The SMILES string of the molecule is N#CC(C1=CCC=N1)N1CCOc2ccccc21.[B]B([B])B(B([B])[B])B(B([B])[B])B(B(B(B([B])[B])B([B])[B])B(B([B])[B])B([B])[B])B(B(B([B])[B])B([B])[B])B(B([B])[B])B([B])[B]. The number of anilines is 1. The molecule has 3 rings (SSSR count). The highest BCUT2D eigenvalue weighted by Gasteiger charge is 2.57. The fourth-order valence-electron chi connectivity index (χ4n) is 9.25. The van der Waals surface area contributed by atoms with Gasteiger partial charge in [-0.3, -0.25) is 4.99 Å². The van der Waals surface area contributed by atoms with E-state index in [-0.39, 0.29) is 6.04 Å². The average molecular weight is 693 g/mol. The van der Waals surface area contributed by atoms with Gasteiger partial charge in [-0.2, -0.15) is 5.26 Å². The molecule has 2 aliphatic rings. The summed E-state index contributed by atoms with van der Waals surface area (Å²) in [6.45, 7) is 1.31. The van der Waals surface area contributed by atoms with Crippen LogP contribution in [0.2, 0.25) is 0 Å². The van der Waals surface area contributed by atoms with E-state index >= 15 is 0 Å². The van der Waals surface area contributed by atoms with Crippen molar-refractivity contribution in [2.75, 3.05) is 18.1 Å². The average Bonchev–Trinajstić information content (AvgIpc) is 3.65. The van der Waals surface area contributed by atoms with E-state index in [2.05, 4.69) is 16.0 Å². The number of fused-ring (bicyclic) bond motifs is 1. The van der Waals surface area contributed by atoms with Gasteiger partial charge in [-0.05, 0) is 12.1 Å². The molecule has 1 atom stereocenters. The molecule has 0 amide bonds. The number of hydrogen-bond acceptors (Lipinski definition) is 4. The minimum Gasteiger partial charge on any atom is -0.490 e. The van der Waals surface area contributed by atoms with Crippen molar-refractivity contribution < 1.29 is 4.74 Å². The predicted molar refractivity (Wildman–Crippen MR) is 312 cm³/mol. The largest absolute Gasteiger partial charge is 0.490 e. The van der Waals surface area contributed by atoms with Gasteiger partial charge in [-0.15, -0.1) is 0 Å². The summed E-state index contributed by atoms with van der Waals surface area (Å²) in [6.07, 6.45) is -18.8. The van der Waals surface area contributed by atoms with Gasteiger partial charge < -0.3 is 9.64 Å². The second-order valence-corrected chi connectivity index (χ2v) is 15.8. The Morgan fingerprint density at radius 1 is 0.500 bits per heavy atom. The molecule has 4 nitrogen and oxygen atoms in total. The first kappa shape index (κ1) is 56.6. The second-order valence-electron chi connectivity index (χ2n) is 15.8. The number of para-hydroxylation sites is 2. The zero-order valence-electron chi connectivity index (χ0n) is 34.2. The van der Waals surface area contributed by atoms with Crippen molar-refractivity contribution in [1.29, 1.82) is 5.26 Å². The Morgan fingerprint density at radius 3 is 1.15 bits per heavy atom. The van der Waals surface area contributed by atoms with Gasteiger partial charge in [0.25, 0.3) is 0 Å². The van der Waals surface area contributed by atoms with E-state index in [9.17, 15) is 5.26 Å². The molecule has 0 bridgehead atoms. The number of allylic oxidation sites excluding steroid dienone is 1. The lowest BCUT2D eigenvalue weighted by molar-refractivity contribution is 0.306. The van der Waals surface area contributed by atoms with Crippen LogP contribution in [0, 0.1) is 11.3 Å². The fraction of sp³-hybridized carbons (Fsp3) is 0.286. The highest BCUT2D eigenvalue weighted by molar-refractivity contribution is 8.33. The number of hydrogen-bond donors (Lipinski definition) is 0. The van der Waals surface area contributed by atoms with E-state index in [1.807, 2.05) is 36.6 Å². The molecule has 60 heavy (non-hydrogen) atoms. The Balaban J connectivity index is 0.000000560. The minimum absolute atomic E-state index is 0.325. The van der Waals surface area contributed by atoms with E-state index in [1.165, 1.54) is 0 Å². The molecule has 1 aromatic carbocycles. The lowest BCUT2D eigenvalue weighted by Crippen LogP contribution is -2.93. The van der Waals surface area contributed by atoms with Gasteiger partial charge in [-0.1, -0.05) is 18.2 Å². The smallest absolute Gasteiger partial charge is 0.159 e. The Bertz CT molecular complexity index is 1390. The van der Waals surface area contributed by atoms with Crippen LogP contribution in [0.3, 0.4) is 0 Å². The number of benzene rings is 1. The second kappa shape index (κ2) is 26.6. The highest BCUT2D eigenvalue weighted by Crippen LogP contribution is 2.34. The van der Waals surface area contributed by atoms with Crippen molar-refractivity contribution in [2.24, 2.45) is 4.99 Å². The Labute approximate surface area is 400 Å². The Morgan fingerprint density at radius 2 is 0.833 bits per heavy atom. The van der Waals surface area contributed by atoms with Crippen molar-refractivity contribution >= 4 is 310 Å². The van der Waals surface area contributed by atoms with E-state index in [4.69, 9.17) is 175 Å². The standard InChI is InChI=1S/C14H13N3O.B42/c15-10-13(11-4-3-7-16-11)17-8-9-18-14-6-2-1-5-12(14)17;1-23(2)34(24(3)4)39(33(21)22)42(40(35(25(5)6)26(7)8)36(27(9)10)28(11)12)41(37(29(13)14)30(15)16)38(31(17)18)32(19)20/h1-2,4-7,13H,3,8-9H2;. The monoisotopic (exact) mass is 701 g/mol. The third kappa shape index (κ3) is 14.7. The van der Waals surface area contributed by atoms with Crippen LogP contribution in [-0.2, 0) is 0 Å². The first-order valence-electron chi connectivity index (χ1n) is 19.7. The Hall–Kier alpha value is 0.447. The van der Waals surface area contributed by atoms with Gasteiger partial charge in [-0.25, -0.2) is 0 Å². The molecule has 0 saturated heterocycles. The summed E-state index contributed by atoms with van der Waals surface area (Å²) < 4.78 is 5.60. The molecule has 2 aliphatic heterocycles. The van der Waals surface area contributed by atoms with Crippen molar-refractivity contribution in [3.63, 3.8) is 0 Å². The lowest BCUT2D eigenvalue weighted by atomic mass is 8.27. The molecule has 2 heterocycles. The molecule has 0 aliphatic carbocycles. The first-order valence-corrected chi connectivity index (χ1v) is 19.7. The van der Waals surface area contributed by atoms with E-state index in [0.29, 0.717) is 13.2 Å². The maximum atomic E-state index is 9.42. The van der Waals surface area contributed by atoms with Crippen molar-refractivity contribution in [1.82, 2.24) is 0 Å². The lowest BCUT2D eigenvalue weighted by Gasteiger charge is -2.55. The molecular weight excluding hydrogens is 680 g/mol. The van der Waals surface area contributed by atoms with Gasteiger partial charge in [0.2, 0.25) is 0 Å². The Kier molecular flexibility index (Phi) is 25.0. The molecule has 0 spiro atoms.